The van der Waals surface area contributed by atoms with Crippen molar-refractivity contribution in [3.63, 3.8) is 0 Å². The molecule has 1 aliphatic rings. The Morgan fingerprint density at radius 3 is 2.54 bits per heavy atom. The first-order valence-electron chi connectivity index (χ1n) is 9.16. The fraction of sp³-hybridized carbons (Fsp3) is 0.632. The number of benzene rings is 1. The minimum absolute atomic E-state index is 0. The van der Waals surface area contributed by atoms with Crippen molar-refractivity contribution < 1.29 is 9.53 Å². The van der Waals surface area contributed by atoms with Crippen molar-refractivity contribution in [2.75, 3.05) is 26.2 Å². The summed E-state index contributed by atoms with van der Waals surface area (Å²) in [4.78, 5) is 14.5. The molecule has 148 valence electrons. The van der Waals surface area contributed by atoms with Gasteiger partial charge in [-0.05, 0) is 43.0 Å². The van der Waals surface area contributed by atoms with E-state index in [1.165, 1.54) is 0 Å². The fourth-order valence-electron chi connectivity index (χ4n) is 2.93. The first-order valence-corrected chi connectivity index (χ1v) is 9.54. The number of piperidine rings is 1. The highest BCUT2D eigenvalue weighted by Gasteiger charge is 2.25. The number of nitrogens with zero attached hydrogens (tertiary/aromatic N) is 1. The molecule has 2 atom stereocenters. The van der Waals surface area contributed by atoms with Gasteiger partial charge in [-0.25, -0.2) is 0 Å². The highest BCUT2D eigenvalue weighted by Crippen LogP contribution is 2.16. The molecule has 1 fully saturated rings. The molecule has 0 spiro atoms. The van der Waals surface area contributed by atoms with Crippen LogP contribution in [0.1, 0.15) is 33.1 Å². The first-order chi connectivity index (χ1) is 12.0. The zero-order valence-electron chi connectivity index (χ0n) is 15.6. The van der Waals surface area contributed by atoms with Gasteiger partial charge in [0.05, 0.1) is 6.04 Å². The Balaban J connectivity index is 0.00000338. The minimum atomic E-state index is -0.407. The van der Waals surface area contributed by atoms with Crippen molar-refractivity contribution in [2.24, 2.45) is 11.7 Å². The quantitative estimate of drug-likeness (QED) is 0.699. The second-order valence-corrected chi connectivity index (χ2v) is 7.27. The Labute approximate surface area is 168 Å². The lowest BCUT2D eigenvalue weighted by molar-refractivity contribution is -0.124. The maximum atomic E-state index is 12.2. The number of likely N-dealkylation sites (tertiary alicyclic amines) is 1. The Kier molecular flexibility index (Phi) is 10.3. The molecular formula is C19H31Cl2N3O2. The second kappa shape index (κ2) is 11.7. The van der Waals surface area contributed by atoms with Crippen molar-refractivity contribution in [1.82, 2.24) is 10.2 Å². The number of hydrogen-bond acceptors (Lipinski definition) is 4. The standard InChI is InChI=1S/C19H30ClN3O2.ClH/c1-3-14(2)18(21)19(24)22-16-8-10-23(11-9-16)12-13-25-17-6-4-15(20)5-7-17;/h4-7,14,16,18H,3,8-13,21H2,1-2H3,(H,22,24);1H. The summed E-state index contributed by atoms with van der Waals surface area (Å²) < 4.78 is 5.74. The number of carbonyl (C=O) groups is 1. The SMILES string of the molecule is CCC(C)C(N)C(=O)NC1CCN(CCOc2ccc(Cl)cc2)CC1.Cl. The van der Waals surface area contributed by atoms with Gasteiger partial charge in [-0.15, -0.1) is 12.4 Å². The highest BCUT2D eigenvalue weighted by molar-refractivity contribution is 6.30. The summed E-state index contributed by atoms with van der Waals surface area (Å²) >= 11 is 5.86. The number of halogens is 2. The lowest BCUT2D eigenvalue weighted by Crippen LogP contribution is -2.51. The minimum Gasteiger partial charge on any atom is -0.492 e. The summed E-state index contributed by atoms with van der Waals surface area (Å²) in [6, 6.07) is 7.24. The van der Waals surface area contributed by atoms with Gasteiger partial charge in [0.1, 0.15) is 12.4 Å². The molecule has 5 nitrogen and oxygen atoms in total. The molecule has 0 aromatic heterocycles. The van der Waals surface area contributed by atoms with E-state index in [9.17, 15) is 4.79 Å². The number of amides is 1. The predicted octanol–water partition coefficient (Wildman–Crippen LogP) is 3.09. The zero-order valence-corrected chi connectivity index (χ0v) is 17.2. The molecule has 1 aliphatic heterocycles. The van der Waals surface area contributed by atoms with Gasteiger partial charge in [0.2, 0.25) is 5.91 Å². The van der Waals surface area contributed by atoms with Crippen LogP contribution in [0.25, 0.3) is 0 Å². The molecule has 2 unspecified atom stereocenters. The van der Waals surface area contributed by atoms with Gasteiger partial charge in [0.15, 0.2) is 0 Å². The van der Waals surface area contributed by atoms with Crippen LogP contribution in [0.2, 0.25) is 5.02 Å². The third-order valence-corrected chi connectivity index (χ3v) is 5.24. The van der Waals surface area contributed by atoms with E-state index in [2.05, 4.69) is 17.1 Å². The number of nitrogens with two attached hydrogens (primary N) is 1. The van der Waals surface area contributed by atoms with Crippen molar-refractivity contribution >= 4 is 29.9 Å². The van der Waals surface area contributed by atoms with E-state index in [0.29, 0.717) is 11.6 Å². The van der Waals surface area contributed by atoms with Gasteiger partial charge in [0, 0.05) is 30.7 Å². The molecule has 1 saturated heterocycles. The molecule has 1 aromatic rings. The molecule has 1 amide bonds. The van der Waals surface area contributed by atoms with E-state index in [0.717, 1.165) is 44.6 Å². The lowest BCUT2D eigenvalue weighted by atomic mass is 9.98. The van der Waals surface area contributed by atoms with Gasteiger partial charge < -0.3 is 15.8 Å². The van der Waals surface area contributed by atoms with Crippen LogP contribution >= 0.6 is 24.0 Å². The summed E-state index contributed by atoms with van der Waals surface area (Å²) in [5.41, 5.74) is 6.00. The molecule has 0 aliphatic carbocycles. The van der Waals surface area contributed by atoms with Gasteiger partial charge in [-0.2, -0.15) is 0 Å². The van der Waals surface area contributed by atoms with Crippen molar-refractivity contribution in [1.29, 1.82) is 0 Å². The van der Waals surface area contributed by atoms with Crippen LogP contribution in [0.3, 0.4) is 0 Å². The Morgan fingerprint density at radius 1 is 1.35 bits per heavy atom. The largest absolute Gasteiger partial charge is 0.492 e. The first kappa shape index (κ1) is 23.0. The van der Waals surface area contributed by atoms with E-state index in [-0.39, 0.29) is 30.3 Å². The van der Waals surface area contributed by atoms with Gasteiger partial charge in [-0.3, -0.25) is 9.69 Å². The fourth-order valence-corrected chi connectivity index (χ4v) is 3.06. The van der Waals surface area contributed by atoms with Crippen LogP contribution in [0.4, 0.5) is 0 Å². The smallest absolute Gasteiger partial charge is 0.237 e. The number of ether oxygens (including phenoxy) is 1. The molecule has 1 heterocycles. The average Bonchev–Trinajstić information content (AvgIpc) is 2.63. The predicted molar refractivity (Wildman–Crippen MR) is 109 cm³/mol. The van der Waals surface area contributed by atoms with E-state index in [1.54, 1.807) is 0 Å². The van der Waals surface area contributed by atoms with Crippen LogP contribution in [0.5, 0.6) is 5.75 Å². The monoisotopic (exact) mass is 403 g/mol. The normalized spacial score (nSPS) is 17.8. The van der Waals surface area contributed by atoms with Crippen LogP contribution in [-0.2, 0) is 4.79 Å². The van der Waals surface area contributed by atoms with Crippen LogP contribution in [0, 0.1) is 5.92 Å². The van der Waals surface area contributed by atoms with Crippen LogP contribution in [0.15, 0.2) is 24.3 Å². The maximum absolute atomic E-state index is 12.2. The van der Waals surface area contributed by atoms with Gasteiger partial charge in [-0.1, -0.05) is 31.9 Å². The number of rotatable bonds is 8. The van der Waals surface area contributed by atoms with Gasteiger partial charge in [0.25, 0.3) is 0 Å². The molecular weight excluding hydrogens is 373 g/mol. The molecule has 0 radical (unpaired) electrons. The average molecular weight is 404 g/mol. The van der Waals surface area contributed by atoms with Crippen LogP contribution in [-0.4, -0.2) is 49.1 Å². The van der Waals surface area contributed by atoms with E-state index < -0.39 is 6.04 Å². The lowest BCUT2D eigenvalue weighted by Gasteiger charge is -2.33. The Morgan fingerprint density at radius 2 is 1.96 bits per heavy atom. The third kappa shape index (κ3) is 7.31. The maximum Gasteiger partial charge on any atom is 0.237 e. The Hall–Kier alpha value is -1.01. The molecule has 1 aromatic carbocycles. The van der Waals surface area contributed by atoms with Crippen molar-refractivity contribution in [2.45, 2.75) is 45.2 Å². The summed E-state index contributed by atoms with van der Waals surface area (Å²) in [6.07, 6.45) is 2.83. The number of carbonyl (C=O) groups excluding carboxylic acids is 1. The summed E-state index contributed by atoms with van der Waals surface area (Å²) in [6.45, 7) is 7.55. The topological polar surface area (TPSA) is 67.6 Å². The number of hydrogen-bond donors (Lipinski definition) is 2. The van der Waals surface area contributed by atoms with Crippen molar-refractivity contribution in [3.8, 4) is 5.75 Å². The van der Waals surface area contributed by atoms with Gasteiger partial charge >= 0.3 is 0 Å². The zero-order chi connectivity index (χ0) is 18.2. The molecule has 26 heavy (non-hydrogen) atoms. The van der Waals surface area contributed by atoms with Crippen LogP contribution < -0.4 is 15.8 Å². The third-order valence-electron chi connectivity index (χ3n) is 4.98. The Bertz CT molecular complexity index is 534. The summed E-state index contributed by atoms with van der Waals surface area (Å²) in [7, 11) is 0. The molecule has 0 saturated carbocycles. The molecule has 7 heteroatoms. The van der Waals surface area contributed by atoms with Crippen molar-refractivity contribution in [3.05, 3.63) is 29.3 Å². The van der Waals surface area contributed by atoms with E-state index in [1.807, 2.05) is 31.2 Å². The molecule has 2 rings (SSSR count). The highest BCUT2D eigenvalue weighted by atomic mass is 35.5. The van der Waals surface area contributed by atoms with E-state index >= 15 is 0 Å². The second-order valence-electron chi connectivity index (χ2n) is 6.84. The van der Waals surface area contributed by atoms with E-state index in [4.69, 9.17) is 22.1 Å². The molecule has 3 N–H and O–H groups in total. The summed E-state index contributed by atoms with van der Waals surface area (Å²) in [5, 5.41) is 3.82. The summed E-state index contributed by atoms with van der Waals surface area (Å²) in [5.74, 6) is 1.04. The number of nitrogens with one attached hydrogen (secondary N) is 1. The molecule has 0 bridgehead atoms.